The second-order valence-electron chi connectivity index (χ2n) is 2.87. The van der Waals surface area contributed by atoms with Crippen LogP contribution in [0, 0.1) is 0 Å². The number of phenols is 2. The first-order valence-corrected chi connectivity index (χ1v) is 4.30. The Morgan fingerprint density at radius 2 is 1.88 bits per heavy atom. The fourth-order valence-corrected chi connectivity index (χ4v) is 1.08. The van der Waals surface area contributed by atoms with Crippen molar-refractivity contribution in [1.29, 1.82) is 0 Å². The van der Waals surface area contributed by atoms with Gasteiger partial charge in [-0.1, -0.05) is 12.1 Å². The lowest BCUT2D eigenvalue weighted by molar-refractivity contribution is -0.300. The summed E-state index contributed by atoms with van der Waals surface area (Å²) in [7, 11) is -1.06. The number of halogens is 3. The molecule has 0 bridgehead atoms. The summed E-state index contributed by atoms with van der Waals surface area (Å²) in [6.45, 7) is 0. The van der Waals surface area contributed by atoms with Crippen LogP contribution in [0.15, 0.2) is 18.2 Å². The largest absolute Gasteiger partial charge is 0.535 e. The van der Waals surface area contributed by atoms with E-state index in [-0.39, 0.29) is 0 Å². The average Bonchev–Trinajstić information content (AvgIpc) is 2.19. The van der Waals surface area contributed by atoms with E-state index in [4.69, 9.17) is 5.11 Å². The van der Waals surface area contributed by atoms with Crippen molar-refractivity contribution in [1.82, 2.24) is 0 Å². The molecule has 0 aromatic heterocycles. The summed E-state index contributed by atoms with van der Waals surface area (Å²) in [6, 6.07) is 3.40. The molecule has 0 heterocycles. The molecule has 2 N–H and O–H groups in total. The number of para-hydroxylation sites is 1. The van der Waals surface area contributed by atoms with Crippen molar-refractivity contribution in [3.63, 3.8) is 0 Å². The number of aromatic hydroxyl groups is 2. The van der Waals surface area contributed by atoms with Crippen LogP contribution in [-0.4, -0.2) is 30.8 Å². The van der Waals surface area contributed by atoms with Crippen LogP contribution in [0.2, 0.25) is 0 Å². The maximum absolute atomic E-state index is 12.0. The number of hydrogen-bond donors (Lipinski definition) is 2. The standard InChI is InChI=1S/C8H8BF3O5/c1-15-17-9(16-8(10,11)12)5-3-2-4-6(13)7(5)14/h2-4,13-14H,1H3. The Morgan fingerprint density at radius 1 is 1.24 bits per heavy atom. The maximum atomic E-state index is 12.0. The van der Waals surface area contributed by atoms with Crippen molar-refractivity contribution in [2.24, 2.45) is 0 Å². The third-order valence-corrected chi connectivity index (χ3v) is 1.72. The van der Waals surface area contributed by atoms with E-state index < -0.39 is 30.4 Å². The number of rotatable bonds is 4. The molecule has 94 valence electrons. The lowest BCUT2D eigenvalue weighted by Crippen LogP contribution is -2.41. The first-order valence-electron chi connectivity index (χ1n) is 4.30. The summed E-state index contributed by atoms with van der Waals surface area (Å²) >= 11 is 0. The number of phenolic OH excluding ortho intramolecular Hbond substituents is 2. The van der Waals surface area contributed by atoms with Gasteiger partial charge in [-0.25, -0.2) is 0 Å². The van der Waals surface area contributed by atoms with Crippen molar-refractivity contribution in [3.8, 4) is 11.5 Å². The van der Waals surface area contributed by atoms with Gasteiger partial charge in [-0.15, -0.1) is 13.2 Å². The van der Waals surface area contributed by atoms with Crippen LogP contribution in [0.5, 0.6) is 11.5 Å². The van der Waals surface area contributed by atoms with Crippen molar-refractivity contribution in [2.75, 3.05) is 7.11 Å². The van der Waals surface area contributed by atoms with Gasteiger partial charge < -0.3 is 14.9 Å². The number of benzene rings is 1. The fourth-order valence-electron chi connectivity index (χ4n) is 1.08. The molecular weight excluding hydrogens is 244 g/mol. The summed E-state index contributed by atoms with van der Waals surface area (Å²) in [4.78, 5) is 8.31. The second-order valence-corrected chi connectivity index (χ2v) is 2.87. The van der Waals surface area contributed by atoms with Gasteiger partial charge in [0.05, 0.1) is 7.11 Å². The van der Waals surface area contributed by atoms with Gasteiger partial charge >= 0.3 is 13.5 Å². The van der Waals surface area contributed by atoms with E-state index in [1.165, 1.54) is 6.07 Å². The molecule has 1 rings (SSSR count). The minimum Gasteiger partial charge on any atom is -0.505 e. The summed E-state index contributed by atoms with van der Waals surface area (Å²) in [5.74, 6) is -1.38. The van der Waals surface area contributed by atoms with Crippen LogP contribution in [0.4, 0.5) is 13.2 Å². The van der Waals surface area contributed by atoms with Crippen molar-refractivity contribution < 1.29 is 37.7 Å². The Balaban J connectivity index is 3.01. The predicted octanol–water partition coefficient (Wildman–Crippen LogP) is 0.907. The van der Waals surface area contributed by atoms with Crippen LogP contribution in [-0.2, 0) is 14.3 Å². The summed E-state index contributed by atoms with van der Waals surface area (Å²) in [5.41, 5.74) is -0.413. The molecule has 0 radical (unpaired) electrons. The quantitative estimate of drug-likeness (QED) is 0.360. The molecule has 0 amide bonds. The van der Waals surface area contributed by atoms with E-state index in [1.807, 2.05) is 0 Å². The predicted molar refractivity (Wildman–Crippen MR) is 50.4 cm³/mol. The molecule has 5 nitrogen and oxygen atoms in total. The molecule has 0 saturated carbocycles. The molecule has 1 aromatic carbocycles. The van der Waals surface area contributed by atoms with Gasteiger partial charge in [0.25, 0.3) is 0 Å². The SMILES string of the molecule is COOB(OC(F)(F)F)c1cccc(O)c1O. The Morgan fingerprint density at radius 3 is 2.41 bits per heavy atom. The minimum atomic E-state index is -4.99. The molecule has 0 fully saturated rings. The number of hydrogen-bond acceptors (Lipinski definition) is 5. The Labute approximate surface area is 94.4 Å². The second kappa shape index (κ2) is 5.26. The summed E-state index contributed by atoms with van der Waals surface area (Å²) in [6.07, 6.45) is -4.99. The van der Waals surface area contributed by atoms with E-state index in [1.54, 1.807) is 0 Å². The third kappa shape index (κ3) is 3.81. The first-order chi connectivity index (χ1) is 7.85. The summed E-state index contributed by atoms with van der Waals surface area (Å²) < 4.78 is 39.7. The number of alkyl halides is 3. The highest BCUT2D eigenvalue weighted by Crippen LogP contribution is 2.24. The molecule has 0 aliphatic carbocycles. The minimum absolute atomic E-state index is 0.413. The molecule has 17 heavy (non-hydrogen) atoms. The van der Waals surface area contributed by atoms with Crippen LogP contribution in [0.1, 0.15) is 0 Å². The van der Waals surface area contributed by atoms with Crippen LogP contribution in [0.3, 0.4) is 0 Å². The zero-order valence-corrected chi connectivity index (χ0v) is 8.56. The van der Waals surface area contributed by atoms with E-state index in [0.717, 1.165) is 19.2 Å². The van der Waals surface area contributed by atoms with Crippen LogP contribution in [0.25, 0.3) is 0 Å². The smallest absolute Gasteiger partial charge is 0.505 e. The van der Waals surface area contributed by atoms with E-state index in [2.05, 4.69) is 14.3 Å². The molecular formula is C8H8BF3O5. The Kier molecular flexibility index (Phi) is 4.21. The average molecular weight is 252 g/mol. The lowest BCUT2D eigenvalue weighted by atomic mass is 9.78. The normalized spacial score (nSPS) is 11.5. The molecule has 0 aliphatic rings. The van der Waals surface area contributed by atoms with Crippen molar-refractivity contribution >= 4 is 12.6 Å². The zero-order chi connectivity index (χ0) is 13.1. The van der Waals surface area contributed by atoms with Crippen LogP contribution < -0.4 is 5.46 Å². The van der Waals surface area contributed by atoms with E-state index in [9.17, 15) is 18.3 Å². The molecule has 1 aromatic rings. The topological polar surface area (TPSA) is 68.2 Å². The zero-order valence-electron chi connectivity index (χ0n) is 8.56. The Bertz CT molecular complexity index is 384. The Hall–Kier alpha value is -1.45. The van der Waals surface area contributed by atoms with Gasteiger partial charge in [-0.05, 0) is 6.07 Å². The summed E-state index contributed by atoms with van der Waals surface area (Å²) in [5, 5.41) is 18.5. The molecule has 9 heteroatoms. The molecule has 0 atom stereocenters. The van der Waals surface area contributed by atoms with Gasteiger partial charge in [0, 0.05) is 5.46 Å². The molecule has 0 unspecified atom stereocenters. The van der Waals surface area contributed by atoms with Gasteiger partial charge in [0.1, 0.15) is 0 Å². The molecule has 0 aliphatic heterocycles. The van der Waals surface area contributed by atoms with Crippen LogP contribution >= 0.6 is 0 Å². The lowest BCUT2D eigenvalue weighted by Gasteiger charge is -2.15. The molecule has 0 saturated heterocycles. The maximum Gasteiger partial charge on any atom is 0.535 e. The van der Waals surface area contributed by atoms with E-state index in [0.29, 0.717) is 0 Å². The third-order valence-electron chi connectivity index (χ3n) is 1.72. The van der Waals surface area contributed by atoms with Gasteiger partial charge in [-0.2, -0.15) is 0 Å². The highest BCUT2D eigenvalue weighted by molar-refractivity contribution is 6.62. The fraction of sp³-hybridized carbons (Fsp3) is 0.250. The first kappa shape index (κ1) is 13.6. The van der Waals surface area contributed by atoms with E-state index >= 15 is 0 Å². The van der Waals surface area contributed by atoms with Crippen molar-refractivity contribution in [3.05, 3.63) is 18.2 Å². The van der Waals surface area contributed by atoms with Crippen molar-refractivity contribution in [2.45, 2.75) is 6.36 Å². The molecule has 0 spiro atoms. The van der Waals surface area contributed by atoms with Gasteiger partial charge in [-0.3, -0.25) is 9.69 Å². The highest BCUT2D eigenvalue weighted by atomic mass is 19.4. The monoisotopic (exact) mass is 252 g/mol. The van der Waals surface area contributed by atoms with Gasteiger partial charge in [0.15, 0.2) is 11.5 Å². The highest BCUT2D eigenvalue weighted by Gasteiger charge is 2.40. The van der Waals surface area contributed by atoms with Gasteiger partial charge in [0.2, 0.25) is 0 Å².